The fourth-order valence-electron chi connectivity index (χ4n) is 1.19. The van der Waals surface area contributed by atoms with Crippen LogP contribution in [0.1, 0.15) is 52.9 Å². The highest BCUT2D eigenvalue weighted by atomic mass is 16.3. The summed E-state index contributed by atoms with van der Waals surface area (Å²) in [7, 11) is 0. The van der Waals surface area contributed by atoms with Crippen LogP contribution in [0.15, 0.2) is 0 Å². The van der Waals surface area contributed by atoms with Crippen LogP contribution >= 0.6 is 0 Å². The zero-order valence-corrected chi connectivity index (χ0v) is 8.14. The van der Waals surface area contributed by atoms with Gasteiger partial charge in [-0.1, -0.05) is 40.0 Å². The average molecular weight is 158 g/mol. The molecule has 0 aliphatic rings. The van der Waals surface area contributed by atoms with Gasteiger partial charge in [0, 0.05) is 0 Å². The first-order valence-electron chi connectivity index (χ1n) is 4.88. The second-order valence-electron chi connectivity index (χ2n) is 3.55. The maximum Gasteiger partial charge on any atom is 0.0542 e. The van der Waals surface area contributed by atoms with E-state index in [0.717, 1.165) is 19.3 Å². The second-order valence-corrected chi connectivity index (χ2v) is 3.55. The molecule has 0 rings (SSSR count). The minimum atomic E-state index is -0.0510. The largest absolute Gasteiger partial charge is 0.393 e. The minimum absolute atomic E-state index is 0.0510. The van der Waals surface area contributed by atoms with Gasteiger partial charge in [-0.25, -0.2) is 0 Å². The maximum absolute atomic E-state index is 9.48. The summed E-state index contributed by atoms with van der Waals surface area (Å²) in [5.74, 6) is 0.682. The van der Waals surface area contributed by atoms with Crippen molar-refractivity contribution in [2.45, 2.75) is 59.0 Å². The van der Waals surface area contributed by atoms with Gasteiger partial charge in [-0.05, 0) is 18.8 Å². The Labute approximate surface area is 70.8 Å². The summed E-state index contributed by atoms with van der Waals surface area (Å²) in [6, 6.07) is 0. The van der Waals surface area contributed by atoms with Crippen molar-refractivity contribution in [1.82, 2.24) is 0 Å². The summed E-state index contributed by atoms with van der Waals surface area (Å²) in [6.07, 6.45) is 5.46. The standard InChI is InChI=1S/C10H22O/c1-4-6-7-10(11)8-9(3)5-2/h9-11H,4-8H2,1-3H3/t9-,10+/m1/s1. The molecule has 1 heteroatoms. The Bertz CT molecular complexity index is 80.9. The molecule has 0 heterocycles. The summed E-state index contributed by atoms with van der Waals surface area (Å²) in [5, 5.41) is 9.48. The van der Waals surface area contributed by atoms with Crippen LogP contribution in [0.2, 0.25) is 0 Å². The first-order chi connectivity index (χ1) is 5.20. The lowest BCUT2D eigenvalue weighted by Crippen LogP contribution is -2.10. The van der Waals surface area contributed by atoms with Crippen LogP contribution in [0, 0.1) is 5.92 Å². The number of hydrogen-bond acceptors (Lipinski definition) is 1. The Morgan fingerprint density at radius 3 is 2.36 bits per heavy atom. The molecule has 0 unspecified atom stereocenters. The lowest BCUT2D eigenvalue weighted by molar-refractivity contribution is 0.132. The van der Waals surface area contributed by atoms with E-state index in [4.69, 9.17) is 0 Å². The topological polar surface area (TPSA) is 20.2 Å². The molecule has 0 aromatic rings. The van der Waals surface area contributed by atoms with Crippen LogP contribution < -0.4 is 0 Å². The number of hydrogen-bond donors (Lipinski definition) is 1. The average Bonchev–Trinajstić information content (AvgIpc) is 2.00. The molecule has 11 heavy (non-hydrogen) atoms. The van der Waals surface area contributed by atoms with E-state index >= 15 is 0 Å². The van der Waals surface area contributed by atoms with E-state index < -0.39 is 0 Å². The summed E-state index contributed by atoms with van der Waals surface area (Å²) in [6.45, 7) is 6.54. The van der Waals surface area contributed by atoms with Crippen LogP contribution in [0.4, 0.5) is 0 Å². The third-order valence-electron chi connectivity index (χ3n) is 2.26. The molecule has 0 radical (unpaired) electrons. The predicted molar refractivity (Wildman–Crippen MR) is 49.6 cm³/mol. The number of aliphatic hydroxyl groups is 1. The quantitative estimate of drug-likeness (QED) is 0.630. The molecule has 0 aromatic heterocycles. The maximum atomic E-state index is 9.48. The normalized spacial score (nSPS) is 16.4. The van der Waals surface area contributed by atoms with Gasteiger partial charge in [0.05, 0.1) is 6.10 Å². The van der Waals surface area contributed by atoms with Crippen molar-refractivity contribution < 1.29 is 5.11 Å². The number of aliphatic hydroxyl groups excluding tert-OH is 1. The van der Waals surface area contributed by atoms with Gasteiger partial charge in [-0.15, -0.1) is 0 Å². The lowest BCUT2D eigenvalue weighted by Gasteiger charge is -2.13. The highest BCUT2D eigenvalue weighted by molar-refractivity contribution is 4.59. The molecule has 1 N–H and O–H groups in total. The zero-order valence-electron chi connectivity index (χ0n) is 8.14. The van der Waals surface area contributed by atoms with Crippen molar-refractivity contribution in [3.63, 3.8) is 0 Å². The first kappa shape index (κ1) is 11.0. The van der Waals surface area contributed by atoms with Crippen LogP contribution in [-0.2, 0) is 0 Å². The molecule has 0 spiro atoms. The van der Waals surface area contributed by atoms with Crippen molar-refractivity contribution >= 4 is 0 Å². The molecule has 0 aliphatic carbocycles. The summed E-state index contributed by atoms with van der Waals surface area (Å²) in [5.41, 5.74) is 0. The molecule has 0 amide bonds. The number of rotatable bonds is 6. The van der Waals surface area contributed by atoms with E-state index in [9.17, 15) is 5.11 Å². The van der Waals surface area contributed by atoms with Crippen LogP contribution in [0.25, 0.3) is 0 Å². The van der Waals surface area contributed by atoms with Crippen LogP contribution in [-0.4, -0.2) is 11.2 Å². The van der Waals surface area contributed by atoms with E-state index in [1.165, 1.54) is 12.8 Å². The van der Waals surface area contributed by atoms with Gasteiger partial charge in [0.25, 0.3) is 0 Å². The van der Waals surface area contributed by atoms with Crippen molar-refractivity contribution in [2.75, 3.05) is 0 Å². The SMILES string of the molecule is CCCC[C@H](O)C[C@H](C)CC. The van der Waals surface area contributed by atoms with Crippen molar-refractivity contribution in [1.29, 1.82) is 0 Å². The Kier molecular flexibility index (Phi) is 6.63. The Morgan fingerprint density at radius 1 is 1.27 bits per heavy atom. The molecule has 0 aliphatic heterocycles. The molecule has 0 bridgehead atoms. The van der Waals surface area contributed by atoms with Gasteiger partial charge >= 0.3 is 0 Å². The summed E-state index contributed by atoms with van der Waals surface area (Å²) in [4.78, 5) is 0. The van der Waals surface area contributed by atoms with Crippen LogP contribution in [0.5, 0.6) is 0 Å². The minimum Gasteiger partial charge on any atom is -0.393 e. The predicted octanol–water partition coefficient (Wildman–Crippen LogP) is 2.97. The van der Waals surface area contributed by atoms with E-state index in [1.807, 2.05) is 0 Å². The van der Waals surface area contributed by atoms with Crippen molar-refractivity contribution in [3.05, 3.63) is 0 Å². The van der Waals surface area contributed by atoms with Crippen molar-refractivity contribution in [3.8, 4) is 0 Å². The van der Waals surface area contributed by atoms with E-state index in [0.29, 0.717) is 5.92 Å². The third-order valence-corrected chi connectivity index (χ3v) is 2.26. The molecule has 0 aromatic carbocycles. The van der Waals surface area contributed by atoms with Gasteiger partial charge in [0.2, 0.25) is 0 Å². The van der Waals surface area contributed by atoms with Gasteiger partial charge in [-0.3, -0.25) is 0 Å². The van der Waals surface area contributed by atoms with Gasteiger partial charge in [0.15, 0.2) is 0 Å². The molecule has 0 fully saturated rings. The Balaban J connectivity index is 3.27. The van der Waals surface area contributed by atoms with Gasteiger partial charge in [0.1, 0.15) is 0 Å². The van der Waals surface area contributed by atoms with E-state index in [1.54, 1.807) is 0 Å². The fraction of sp³-hybridized carbons (Fsp3) is 1.00. The second kappa shape index (κ2) is 6.66. The Morgan fingerprint density at radius 2 is 1.91 bits per heavy atom. The molecule has 68 valence electrons. The smallest absolute Gasteiger partial charge is 0.0542 e. The van der Waals surface area contributed by atoms with Gasteiger partial charge in [-0.2, -0.15) is 0 Å². The monoisotopic (exact) mass is 158 g/mol. The molecule has 2 atom stereocenters. The molecule has 1 nitrogen and oxygen atoms in total. The highest BCUT2D eigenvalue weighted by Crippen LogP contribution is 2.13. The molecular weight excluding hydrogens is 136 g/mol. The van der Waals surface area contributed by atoms with E-state index in [-0.39, 0.29) is 6.10 Å². The first-order valence-corrected chi connectivity index (χ1v) is 4.88. The summed E-state index contributed by atoms with van der Waals surface area (Å²) >= 11 is 0. The van der Waals surface area contributed by atoms with Gasteiger partial charge < -0.3 is 5.11 Å². The van der Waals surface area contributed by atoms with Crippen LogP contribution in [0.3, 0.4) is 0 Å². The Hall–Kier alpha value is -0.0400. The highest BCUT2D eigenvalue weighted by Gasteiger charge is 2.07. The lowest BCUT2D eigenvalue weighted by atomic mass is 9.98. The molecule has 0 saturated heterocycles. The van der Waals surface area contributed by atoms with E-state index in [2.05, 4.69) is 20.8 Å². The molecule has 0 saturated carbocycles. The fourth-order valence-corrected chi connectivity index (χ4v) is 1.19. The third kappa shape index (κ3) is 6.36. The molecular formula is C10H22O. The zero-order chi connectivity index (χ0) is 8.69. The number of unbranched alkanes of at least 4 members (excludes halogenated alkanes) is 1. The van der Waals surface area contributed by atoms with Crippen molar-refractivity contribution in [2.24, 2.45) is 5.92 Å². The summed E-state index contributed by atoms with van der Waals surface area (Å²) < 4.78 is 0.